The Morgan fingerprint density at radius 3 is 2.81 bits per heavy atom. The van der Waals surface area contributed by atoms with Gasteiger partial charge in [-0.25, -0.2) is 9.58 Å². The van der Waals surface area contributed by atoms with Crippen LogP contribution in [0, 0.1) is 6.92 Å². The highest BCUT2D eigenvalue weighted by Gasteiger charge is 2.70. The molecule has 3 saturated heterocycles. The summed E-state index contributed by atoms with van der Waals surface area (Å²) in [5.41, 5.74) is 9.98. The predicted molar refractivity (Wildman–Crippen MR) is 126 cm³/mol. The van der Waals surface area contributed by atoms with E-state index in [9.17, 15) is 4.79 Å². The molecule has 1 amide bonds. The molecular formula is C23H25ClN5OS+. The zero-order valence-corrected chi connectivity index (χ0v) is 19.0. The van der Waals surface area contributed by atoms with Gasteiger partial charge in [0.2, 0.25) is 0 Å². The lowest BCUT2D eigenvalue weighted by molar-refractivity contribution is -0.231. The van der Waals surface area contributed by atoms with E-state index in [-0.39, 0.29) is 5.91 Å². The topological polar surface area (TPSA) is 71.2 Å². The van der Waals surface area contributed by atoms with E-state index in [1.165, 1.54) is 43.0 Å². The number of pyridine rings is 1. The lowest BCUT2D eigenvalue weighted by Crippen LogP contribution is -2.88. The summed E-state index contributed by atoms with van der Waals surface area (Å²) in [5, 5.41) is 7.31. The van der Waals surface area contributed by atoms with E-state index in [0.29, 0.717) is 17.1 Å². The maximum atomic E-state index is 12.7. The molecule has 8 heteroatoms. The molecule has 0 spiro atoms. The second-order valence-electron chi connectivity index (χ2n) is 8.99. The fraction of sp³-hybridized carbons (Fsp3) is 0.391. The van der Waals surface area contributed by atoms with E-state index in [2.05, 4.69) is 33.5 Å². The average Bonchev–Trinajstić information content (AvgIpc) is 3.09. The maximum absolute atomic E-state index is 12.7. The number of piperazine rings is 1. The molecule has 0 aliphatic carbocycles. The van der Waals surface area contributed by atoms with Gasteiger partial charge in [-0.3, -0.25) is 4.79 Å². The number of fused-ring (bicyclic) bond motifs is 1. The Morgan fingerprint density at radius 2 is 2.06 bits per heavy atom. The summed E-state index contributed by atoms with van der Waals surface area (Å²) >= 11 is 8.05. The second kappa shape index (κ2) is 6.90. The molecule has 3 fully saturated rings. The minimum atomic E-state index is -0.147. The number of quaternary nitrogens is 1. The molecule has 1 aromatic carbocycles. The molecule has 0 saturated carbocycles. The molecular weight excluding hydrogens is 430 g/mol. The van der Waals surface area contributed by atoms with Crippen molar-refractivity contribution in [1.82, 2.24) is 19.9 Å². The third kappa shape index (κ3) is 2.84. The van der Waals surface area contributed by atoms with Crippen molar-refractivity contribution in [2.45, 2.75) is 38.3 Å². The number of aromatic nitrogens is 1. The van der Waals surface area contributed by atoms with Crippen LogP contribution in [0.5, 0.6) is 0 Å². The molecule has 3 aliphatic heterocycles. The number of halogens is 1. The Balaban J connectivity index is 1.11. The fourth-order valence-corrected chi connectivity index (χ4v) is 7.13. The molecule has 2 atom stereocenters. The molecule has 3 aliphatic rings. The zero-order chi connectivity index (χ0) is 21.3. The number of thiophene rings is 1. The highest BCUT2D eigenvalue weighted by atomic mass is 35.5. The number of nitrogen functional groups attached to an aromatic ring is 1. The molecule has 0 radical (unpaired) electrons. The SMILES string of the molecule is Cc1ccc2c(N)c(C(=O)NCCc3ccc([N+]45CC6CCC(C4)N65)c(Cl)c3)sc2n1. The molecule has 2 unspecified atom stereocenters. The predicted octanol–water partition coefficient (Wildman–Crippen LogP) is 3.90. The standard InChI is InChI=1S/C23H24ClN5OS/c1-13-2-6-17-20(25)21(31-23(17)27-13)22(30)26-9-8-14-3-7-19(18(24)10-14)29-11-15-4-5-16(12-29)28(15)29/h2-3,6-7,10,15-16H,4-5,8-9,11-12H2,1H3,(H2-,25,26,30)/p+1. The van der Waals surface area contributed by atoms with Crippen LogP contribution >= 0.6 is 22.9 Å². The first-order valence-electron chi connectivity index (χ1n) is 10.8. The van der Waals surface area contributed by atoms with Gasteiger partial charge in [-0.1, -0.05) is 17.7 Å². The molecule has 5 heterocycles. The van der Waals surface area contributed by atoms with Crippen LogP contribution in [0.1, 0.15) is 33.8 Å². The van der Waals surface area contributed by atoms with Gasteiger partial charge in [0, 0.05) is 23.7 Å². The van der Waals surface area contributed by atoms with Crippen molar-refractivity contribution in [2.24, 2.45) is 0 Å². The fourth-order valence-electron chi connectivity index (χ4n) is 5.71. The van der Waals surface area contributed by atoms with Crippen LogP contribution in [0.4, 0.5) is 11.4 Å². The van der Waals surface area contributed by atoms with Gasteiger partial charge in [0.05, 0.1) is 5.69 Å². The lowest BCUT2D eigenvalue weighted by atomic mass is 10.0. The van der Waals surface area contributed by atoms with Gasteiger partial charge in [-0.15, -0.1) is 16.3 Å². The van der Waals surface area contributed by atoms with Crippen LogP contribution in [-0.2, 0) is 6.42 Å². The smallest absolute Gasteiger partial charge is 0.263 e. The Morgan fingerprint density at radius 1 is 1.29 bits per heavy atom. The number of nitrogens with zero attached hydrogens (tertiary/aromatic N) is 3. The Kier molecular flexibility index (Phi) is 4.34. The summed E-state index contributed by atoms with van der Waals surface area (Å²) in [7, 11) is 0. The molecule has 0 bridgehead atoms. The molecule has 160 valence electrons. The summed E-state index contributed by atoms with van der Waals surface area (Å²) in [6.07, 6.45) is 3.39. The van der Waals surface area contributed by atoms with Crippen molar-refractivity contribution in [3.63, 3.8) is 0 Å². The normalized spacial score (nSPS) is 26.4. The number of carbonyl (C=O) groups is 1. The van der Waals surface area contributed by atoms with E-state index in [4.69, 9.17) is 17.3 Å². The number of benzene rings is 1. The van der Waals surface area contributed by atoms with Crippen LogP contribution in [-0.4, -0.2) is 47.6 Å². The summed E-state index contributed by atoms with van der Waals surface area (Å²) in [6, 6.07) is 11.7. The van der Waals surface area contributed by atoms with E-state index in [1.54, 1.807) is 0 Å². The molecule has 3 aromatic rings. The number of amides is 1. The number of carbonyl (C=O) groups excluding carboxylic acids is 1. The van der Waals surface area contributed by atoms with Crippen molar-refractivity contribution >= 4 is 50.4 Å². The first kappa shape index (κ1) is 19.5. The number of nitrogens with one attached hydrogen (secondary N) is 1. The number of hydrogen-bond acceptors (Lipinski definition) is 5. The lowest BCUT2D eigenvalue weighted by Gasteiger charge is -2.65. The second-order valence-corrected chi connectivity index (χ2v) is 10.4. The van der Waals surface area contributed by atoms with Gasteiger partial charge in [-0.2, -0.15) is 0 Å². The Hall–Kier alpha value is -2.19. The number of rotatable bonds is 5. The van der Waals surface area contributed by atoms with E-state index in [0.717, 1.165) is 49.6 Å². The number of anilines is 1. The molecule has 3 N–H and O–H groups in total. The van der Waals surface area contributed by atoms with Crippen LogP contribution in [0.3, 0.4) is 0 Å². The Bertz CT molecular complexity index is 1210. The minimum absolute atomic E-state index is 0.147. The average molecular weight is 455 g/mol. The number of aryl methyl sites for hydroxylation is 1. The summed E-state index contributed by atoms with van der Waals surface area (Å²) < 4.78 is 0.948. The summed E-state index contributed by atoms with van der Waals surface area (Å²) in [4.78, 5) is 18.5. The monoisotopic (exact) mass is 454 g/mol. The van der Waals surface area contributed by atoms with Gasteiger partial charge in [0.15, 0.2) is 5.69 Å². The molecule has 2 aromatic heterocycles. The largest absolute Gasteiger partial charge is 0.397 e. The van der Waals surface area contributed by atoms with E-state index in [1.807, 2.05) is 19.1 Å². The third-order valence-corrected chi connectivity index (χ3v) is 8.56. The van der Waals surface area contributed by atoms with Crippen molar-refractivity contribution in [3.8, 4) is 0 Å². The number of hydrogen-bond donors (Lipinski definition) is 2. The number of nitrogens with two attached hydrogens (primary N) is 1. The minimum Gasteiger partial charge on any atom is -0.397 e. The van der Waals surface area contributed by atoms with E-state index < -0.39 is 0 Å². The van der Waals surface area contributed by atoms with Gasteiger partial charge >= 0.3 is 0 Å². The summed E-state index contributed by atoms with van der Waals surface area (Å²) in [6.45, 7) is 4.85. The third-order valence-electron chi connectivity index (χ3n) is 7.15. The molecule has 31 heavy (non-hydrogen) atoms. The highest BCUT2D eigenvalue weighted by molar-refractivity contribution is 7.21. The molecule has 6 rings (SSSR count). The first-order valence-corrected chi connectivity index (χ1v) is 12.0. The van der Waals surface area contributed by atoms with Crippen LogP contribution in [0.15, 0.2) is 30.3 Å². The van der Waals surface area contributed by atoms with Crippen LogP contribution in [0.2, 0.25) is 5.02 Å². The highest BCUT2D eigenvalue weighted by Crippen LogP contribution is 2.53. The van der Waals surface area contributed by atoms with Crippen molar-refractivity contribution in [3.05, 3.63) is 51.5 Å². The Labute approximate surface area is 190 Å². The maximum Gasteiger partial charge on any atom is 0.263 e. The van der Waals surface area contributed by atoms with Gasteiger partial charge < -0.3 is 11.1 Å². The van der Waals surface area contributed by atoms with Gasteiger partial charge in [-0.05, 0) is 49.9 Å². The van der Waals surface area contributed by atoms with Crippen LogP contribution < -0.4 is 15.6 Å². The quantitative estimate of drug-likeness (QED) is 0.573. The van der Waals surface area contributed by atoms with Crippen molar-refractivity contribution < 1.29 is 4.79 Å². The first-order chi connectivity index (χ1) is 15.0. The van der Waals surface area contributed by atoms with E-state index >= 15 is 0 Å². The summed E-state index contributed by atoms with van der Waals surface area (Å²) in [5.74, 6) is -0.147. The van der Waals surface area contributed by atoms with Crippen molar-refractivity contribution in [1.29, 1.82) is 0 Å². The van der Waals surface area contributed by atoms with Crippen molar-refractivity contribution in [2.75, 3.05) is 25.4 Å². The zero-order valence-electron chi connectivity index (χ0n) is 17.4. The van der Waals surface area contributed by atoms with Crippen LogP contribution in [0.25, 0.3) is 10.2 Å². The molecule has 6 nitrogen and oxygen atoms in total. The van der Waals surface area contributed by atoms with Gasteiger partial charge in [0.25, 0.3) is 5.91 Å². The van der Waals surface area contributed by atoms with Gasteiger partial charge in [0.1, 0.15) is 39.9 Å².